The van der Waals surface area contributed by atoms with Gasteiger partial charge >= 0.3 is 5.97 Å². The van der Waals surface area contributed by atoms with Crippen LogP contribution >= 0.6 is 0 Å². The van der Waals surface area contributed by atoms with Gasteiger partial charge in [-0.15, -0.1) is 0 Å². The van der Waals surface area contributed by atoms with E-state index in [4.69, 9.17) is 9.47 Å². The molecule has 0 saturated carbocycles. The standard InChI is InChI=1S/C27H26N4O5/c1-15-9-12-22(20(13-15)27(34)36-5)31(3)26(33)19-11-10-18(25(35-4)24(19)28-14-32)17-7-6-8-21-23(17)30-16(2)29-21/h6-14H,1-5H3,(H,28,32)(H,29,30). The molecule has 0 unspecified atom stereocenters. The van der Waals surface area contributed by atoms with E-state index >= 15 is 0 Å². The van der Waals surface area contributed by atoms with E-state index in [-0.39, 0.29) is 16.8 Å². The number of nitrogens with zero attached hydrogens (tertiary/aromatic N) is 2. The number of anilines is 2. The number of imidazole rings is 1. The molecule has 0 aliphatic rings. The van der Waals surface area contributed by atoms with Crippen molar-refractivity contribution in [2.45, 2.75) is 13.8 Å². The maximum Gasteiger partial charge on any atom is 0.339 e. The van der Waals surface area contributed by atoms with Crippen LogP contribution in [0.15, 0.2) is 48.5 Å². The van der Waals surface area contributed by atoms with Gasteiger partial charge in [0, 0.05) is 18.2 Å². The van der Waals surface area contributed by atoms with Crippen molar-refractivity contribution in [2.75, 3.05) is 31.5 Å². The third-order valence-corrected chi connectivity index (χ3v) is 5.94. The van der Waals surface area contributed by atoms with Crippen LogP contribution in [0.25, 0.3) is 22.2 Å². The summed E-state index contributed by atoms with van der Waals surface area (Å²) in [6.45, 7) is 3.71. The fourth-order valence-corrected chi connectivity index (χ4v) is 4.27. The van der Waals surface area contributed by atoms with Gasteiger partial charge in [-0.2, -0.15) is 0 Å². The minimum absolute atomic E-state index is 0.187. The van der Waals surface area contributed by atoms with Gasteiger partial charge in [-0.05, 0) is 44.2 Å². The summed E-state index contributed by atoms with van der Waals surface area (Å²) < 4.78 is 10.6. The molecule has 9 nitrogen and oxygen atoms in total. The molecule has 2 N–H and O–H groups in total. The van der Waals surface area contributed by atoms with Gasteiger partial charge in [-0.25, -0.2) is 9.78 Å². The zero-order valence-electron chi connectivity index (χ0n) is 20.6. The topological polar surface area (TPSA) is 114 Å². The number of carbonyl (C=O) groups excluding carboxylic acids is 3. The van der Waals surface area contributed by atoms with Crippen molar-refractivity contribution in [3.63, 3.8) is 0 Å². The molecule has 0 saturated heterocycles. The predicted octanol–water partition coefficient (Wildman–Crippen LogP) is 4.49. The van der Waals surface area contributed by atoms with Crippen LogP contribution in [-0.2, 0) is 9.53 Å². The van der Waals surface area contributed by atoms with Gasteiger partial charge in [0.2, 0.25) is 6.41 Å². The van der Waals surface area contributed by atoms with Crippen molar-refractivity contribution in [1.29, 1.82) is 0 Å². The number of fused-ring (bicyclic) bond motifs is 1. The van der Waals surface area contributed by atoms with Gasteiger partial charge < -0.3 is 24.7 Å². The van der Waals surface area contributed by atoms with E-state index in [1.807, 2.05) is 32.0 Å². The first-order chi connectivity index (χ1) is 17.3. The van der Waals surface area contributed by atoms with E-state index in [0.717, 1.165) is 28.0 Å². The van der Waals surface area contributed by atoms with Crippen molar-refractivity contribution >= 4 is 40.7 Å². The fourth-order valence-electron chi connectivity index (χ4n) is 4.27. The van der Waals surface area contributed by atoms with Gasteiger partial charge in [-0.1, -0.05) is 23.8 Å². The molecule has 0 aliphatic heterocycles. The average Bonchev–Trinajstić information content (AvgIpc) is 3.27. The number of H-pyrrole nitrogens is 1. The Morgan fingerprint density at radius 1 is 1.03 bits per heavy atom. The first-order valence-electron chi connectivity index (χ1n) is 11.1. The molecule has 4 aromatic rings. The molecule has 36 heavy (non-hydrogen) atoms. The lowest BCUT2D eigenvalue weighted by Crippen LogP contribution is -2.29. The molecule has 0 atom stereocenters. The third kappa shape index (κ3) is 4.26. The van der Waals surface area contributed by atoms with Gasteiger partial charge in [0.1, 0.15) is 5.82 Å². The maximum atomic E-state index is 13.7. The fraction of sp³-hybridized carbons (Fsp3) is 0.185. The number of esters is 1. The Hall–Kier alpha value is -4.66. The minimum atomic E-state index is -0.560. The van der Waals surface area contributed by atoms with Crippen LogP contribution in [0.4, 0.5) is 11.4 Å². The summed E-state index contributed by atoms with van der Waals surface area (Å²) in [4.78, 5) is 46.8. The van der Waals surface area contributed by atoms with Crippen LogP contribution in [0.2, 0.25) is 0 Å². The molecule has 3 aromatic carbocycles. The van der Waals surface area contributed by atoms with Crippen LogP contribution < -0.4 is 15.0 Å². The first-order valence-corrected chi connectivity index (χ1v) is 11.1. The number of rotatable bonds is 7. The molecule has 184 valence electrons. The maximum absolute atomic E-state index is 13.7. The monoisotopic (exact) mass is 486 g/mol. The normalized spacial score (nSPS) is 10.7. The Bertz CT molecular complexity index is 1490. The summed E-state index contributed by atoms with van der Waals surface area (Å²) in [7, 11) is 4.31. The zero-order valence-corrected chi connectivity index (χ0v) is 20.6. The van der Waals surface area contributed by atoms with E-state index in [0.29, 0.717) is 23.4 Å². The molecule has 9 heteroatoms. The van der Waals surface area contributed by atoms with E-state index in [2.05, 4.69) is 15.3 Å². The van der Waals surface area contributed by atoms with Crippen LogP contribution in [-0.4, -0.2) is 49.5 Å². The summed E-state index contributed by atoms with van der Waals surface area (Å²) >= 11 is 0. The number of ether oxygens (including phenoxy) is 2. The first kappa shape index (κ1) is 24.5. The van der Waals surface area contributed by atoms with E-state index in [9.17, 15) is 14.4 Å². The van der Waals surface area contributed by atoms with Crippen LogP contribution in [0.5, 0.6) is 5.75 Å². The Morgan fingerprint density at radius 2 is 1.81 bits per heavy atom. The Labute approximate surface area is 208 Å². The molecular formula is C27H26N4O5. The number of hydrogen-bond acceptors (Lipinski definition) is 6. The highest BCUT2D eigenvalue weighted by Gasteiger charge is 2.26. The largest absolute Gasteiger partial charge is 0.494 e. The van der Waals surface area contributed by atoms with E-state index in [1.165, 1.54) is 19.1 Å². The minimum Gasteiger partial charge on any atom is -0.494 e. The van der Waals surface area contributed by atoms with Crippen molar-refractivity contribution in [2.24, 2.45) is 0 Å². The van der Waals surface area contributed by atoms with E-state index in [1.54, 1.807) is 37.4 Å². The number of aromatic nitrogens is 2. The molecule has 0 aliphatic carbocycles. The molecule has 0 bridgehead atoms. The Morgan fingerprint density at radius 3 is 2.50 bits per heavy atom. The number of aryl methyl sites for hydroxylation is 2. The molecular weight excluding hydrogens is 460 g/mol. The molecule has 2 amide bonds. The van der Waals surface area contributed by atoms with Crippen LogP contribution in [0, 0.1) is 13.8 Å². The summed E-state index contributed by atoms with van der Waals surface area (Å²) in [5, 5.41) is 2.63. The van der Waals surface area contributed by atoms with Crippen LogP contribution in [0.3, 0.4) is 0 Å². The van der Waals surface area contributed by atoms with Crippen LogP contribution in [0.1, 0.15) is 32.1 Å². The Balaban J connectivity index is 1.86. The quantitative estimate of drug-likeness (QED) is 0.294. The number of para-hydroxylation sites is 1. The number of hydrogen-bond donors (Lipinski definition) is 2. The number of nitrogens with one attached hydrogen (secondary N) is 2. The van der Waals surface area contributed by atoms with Gasteiger partial charge in [-0.3, -0.25) is 9.59 Å². The van der Waals surface area contributed by atoms with Gasteiger partial charge in [0.25, 0.3) is 5.91 Å². The summed E-state index contributed by atoms with van der Waals surface area (Å²) in [6.07, 6.45) is 0.490. The van der Waals surface area contributed by atoms with Crippen molar-refractivity contribution < 1.29 is 23.9 Å². The Kier molecular flexibility index (Phi) is 6.73. The van der Waals surface area contributed by atoms with Crippen molar-refractivity contribution in [1.82, 2.24) is 9.97 Å². The molecule has 0 radical (unpaired) electrons. The lowest BCUT2D eigenvalue weighted by Gasteiger charge is -2.23. The smallest absolute Gasteiger partial charge is 0.339 e. The molecule has 0 fully saturated rings. The van der Waals surface area contributed by atoms with Gasteiger partial charge in [0.05, 0.1) is 47.8 Å². The average molecular weight is 487 g/mol. The number of amides is 2. The lowest BCUT2D eigenvalue weighted by atomic mass is 9.98. The highest BCUT2D eigenvalue weighted by Crippen LogP contribution is 2.41. The second kappa shape index (κ2) is 9.91. The van der Waals surface area contributed by atoms with Crippen molar-refractivity contribution in [3.8, 4) is 16.9 Å². The molecule has 0 spiro atoms. The predicted molar refractivity (Wildman–Crippen MR) is 138 cm³/mol. The number of carbonyl (C=O) groups is 3. The second-order valence-electron chi connectivity index (χ2n) is 8.23. The highest BCUT2D eigenvalue weighted by atomic mass is 16.5. The number of aromatic amines is 1. The zero-order chi connectivity index (χ0) is 26.0. The summed E-state index contributed by atoms with van der Waals surface area (Å²) in [5.41, 5.74) is 4.89. The summed E-state index contributed by atoms with van der Waals surface area (Å²) in [5.74, 6) is 0.0594. The highest BCUT2D eigenvalue weighted by molar-refractivity contribution is 6.14. The molecule has 1 heterocycles. The SMILES string of the molecule is COC(=O)c1cc(C)ccc1N(C)C(=O)c1ccc(-c2cccc3[nH]c(C)nc23)c(OC)c1NC=O. The van der Waals surface area contributed by atoms with E-state index < -0.39 is 11.9 Å². The molecule has 4 rings (SSSR count). The summed E-state index contributed by atoms with van der Waals surface area (Å²) in [6, 6.07) is 14.2. The number of benzene rings is 3. The van der Waals surface area contributed by atoms with Gasteiger partial charge in [0.15, 0.2) is 5.75 Å². The molecule has 1 aromatic heterocycles. The number of methoxy groups -OCH3 is 2. The third-order valence-electron chi connectivity index (χ3n) is 5.94. The second-order valence-corrected chi connectivity index (χ2v) is 8.23. The lowest BCUT2D eigenvalue weighted by molar-refractivity contribution is -0.105. The van der Waals surface area contributed by atoms with Crippen molar-refractivity contribution in [3.05, 3.63) is 71.0 Å².